The Morgan fingerprint density at radius 2 is 2.04 bits per heavy atom. The van der Waals surface area contributed by atoms with Crippen LogP contribution >= 0.6 is 34.9 Å². The average Bonchev–Trinajstić information content (AvgIpc) is 3.15. The molecule has 1 aromatic heterocycles. The van der Waals surface area contributed by atoms with E-state index < -0.39 is 0 Å². The van der Waals surface area contributed by atoms with E-state index in [1.54, 1.807) is 11.3 Å². The Morgan fingerprint density at radius 1 is 1.21 bits per heavy atom. The van der Waals surface area contributed by atoms with Crippen molar-refractivity contribution >= 4 is 50.9 Å². The van der Waals surface area contributed by atoms with Crippen LogP contribution in [-0.4, -0.2) is 5.91 Å². The van der Waals surface area contributed by atoms with Crippen LogP contribution in [0, 0.1) is 5.41 Å². The molecule has 0 saturated heterocycles. The van der Waals surface area contributed by atoms with Crippen LogP contribution in [0.15, 0.2) is 58.8 Å². The normalized spacial score (nSPS) is 22.3. The molecule has 1 aliphatic rings. The topological polar surface area (TPSA) is 29.1 Å². The van der Waals surface area contributed by atoms with Crippen molar-refractivity contribution in [1.82, 2.24) is 4.72 Å². The van der Waals surface area contributed by atoms with Gasteiger partial charge in [-0.05, 0) is 95.6 Å². The third-order valence-corrected chi connectivity index (χ3v) is 7.76. The highest BCUT2D eigenvalue weighted by Gasteiger charge is 2.33. The van der Waals surface area contributed by atoms with E-state index in [-0.39, 0.29) is 11.3 Å². The first-order valence-electron chi connectivity index (χ1n) is 9.69. The molecular weight excluding hydrogens is 406 g/mol. The van der Waals surface area contributed by atoms with Gasteiger partial charge in [0, 0.05) is 21.0 Å². The summed E-state index contributed by atoms with van der Waals surface area (Å²) in [6, 6.07) is 16.7. The summed E-state index contributed by atoms with van der Waals surface area (Å²) >= 11 is 9.15. The van der Waals surface area contributed by atoms with Crippen LogP contribution in [0.4, 0.5) is 0 Å². The minimum atomic E-state index is 0.0853. The Morgan fingerprint density at radius 3 is 2.82 bits per heavy atom. The van der Waals surface area contributed by atoms with Crippen LogP contribution in [0.1, 0.15) is 50.5 Å². The van der Waals surface area contributed by atoms with Crippen molar-refractivity contribution in [3.05, 3.63) is 64.5 Å². The Balaban J connectivity index is 1.30. The summed E-state index contributed by atoms with van der Waals surface area (Å²) in [6.07, 6.45) is 5.07. The summed E-state index contributed by atoms with van der Waals surface area (Å²) < 4.78 is 4.34. The Hall–Kier alpha value is -1.49. The van der Waals surface area contributed by atoms with Crippen LogP contribution in [0.3, 0.4) is 0 Å². The lowest BCUT2D eigenvalue weighted by molar-refractivity contribution is -0.121. The molecule has 1 saturated carbocycles. The van der Waals surface area contributed by atoms with Gasteiger partial charge in [0.2, 0.25) is 5.91 Å². The van der Waals surface area contributed by atoms with Gasteiger partial charge in [-0.3, -0.25) is 9.52 Å². The van der Waals surface area contributed by atoms with Crippen molar-refractivity contribution in [1.29, 1.82) is 0 Å². The maximum Gasteiger partial charge on any atom is 0.230 e. The SMILES string of the molecule is CC1(CC(=O)NSc2cccc(Cl)c2)CCC(c2ccc3sccc3c2)CC1. The number of fused-ring (bicyclic) bond motifs is 1. The summed E-state index contributed by atoms with van der Waals surface area (Å²) in [5.74, 6) is 0.715. The van der Waals surface area contributed by atoms with Crippen LogP contribution in [-0.2, 0) is 4.79 Å². The first-order chi connectivity index (χ1) is 13.5. The van der Waals surface area contributed by atoms with Gasteiger partial charge < -0.3 is 0 Å². The Kier molecular flexibility index (Phi) is 6.00. The van der Waals surface area contributed by atoms with Crippen molar-refractivity contribution in [3.8, 4) is 0 Å². The molecule has 0 spiro atoms. The zero-order valence-electron chi connectivity index (χ0n) is 15.9. The van der Waals surface area contributed by atoms with E-state index in [1.165, 1.54) is 27.6 Å². The summed E-state index contributed by atoms with van der Waals surface area (Å²) in [6.45, 7) is 2.26. The highest BCUT2D eigenvalue weighted by molar-refractivity contribution is 7.98. The van der Waals surface area contributed by atoms with E-state index in [4.69, 9.17) is 11.6 Å². The van der Waals surface area contributed by atoms with Crippen molar-refractivity contribution in [2.75, 3.05) is 0 Å². The molecule has 0 aliphatic heterocycles. The fourth-order valence-corrected chi connectivity index (χ4v) is 5.80. The van der Waals surface area contributed by atoms with Gasteiger partial charge >= 0.3 is 0 Å². The number of carbonyl (C=O) groups is 1. The van der Waals surface area contributed by atoms with Crippen LogP contribution < -0.4 is 4.72 Å². The standard InChI is InChI=1S/C23H24ClNOS2/c1-23(15-22(26)25-28-20-4-2-3-19(24)14-20)10-7-16(8-11-23)17-5-6-21-18(13-17)9-12-27-21/h2-6,9,12-14,16H,7-8,10-11,15H2,1H3,(H,25,26). The molecule has 4 rings (SSSR count). The predicted molar refractivity (Wildman–Crippen MR) is 121 cm³/mol. The maximum atomic E-state index is 12.5. The van der Waals surface area contributed by atoms with Crippen molar-refractivity contribution < 1.29 is 4.79 Å². The van der Waals surface area contributed by atoms with Crippen molar-refractivity contribution in [3.63, 3.8) is 0 Å². The smallest absolute Gasteiger partial charge is 0.230 e. The number of benzene rings is 2. The molecule has 0 radical (unpaired) electrons. The zero-order valence-corrected chi connectivity index (χ0v) is 18.3. The molecule has 1 N–H and O–H groups in total. The molecule has 146 valence electrons. The van der Waals surface area contributed by atoms with Gasteiger partial charge in [-0.15, -0.1) is 11.3 Å². The number of nitrogens with one attached hydrogen (secondary N) is 1. The summed E-state index contributed by atoms with van der Waals surface area (Å²) in [5, 5.41) is 4.20. The first kappa shape index (κ1) is 19.8. The molecular formula is C23H24ClNOS2. The van der Waals surface area contributed by atoms with Crippen LogP contribution in [0.25, 0.3) is 10.1 Å². The Labute approximate surface area is 179 Å². The molecule has 28 heavy (non-hydrogen) atoms. The molecule has 5 heteroatoms. The third-order valence-electron chi connectivity index (χ3n) is 5.81. The summed E-state index contributed by atoms with van der Waals surface area (Å²) in [7, 11) is 0. The molecule has 0 unspecified atom stereocenters. The van der Waals surface area contributed by atoms with E-state index in [1.807, 2.05) is 24.3 Å². The largest absolute Gasteiger partial charge is 0.296 e. The minimum absolute atomic E-state index is 0.0853. The van der Waals surface area contributed by atoms with E-state index in [0.717, 1.165) is 30.6 Å². The second kappa shape index (κ2) is 8.48. The highest BCUT2D eigenvalue weighted by atomic mass is 35.5. The van der Waals surface area contributed by atoms with Gasteiger partial charge in [-0.2, -0.15) is 0 Å². The second-order valence-electron chi connectivity index (χ2n) is 8.06. The van der Waals surface area contributed by atoms with Gasteiger partial charge in [0.15, 0.2) is 0 Å². The lowest BCUT2D eigenvalue weighted by atomic mass is 9.68. The maximum absolute atomic E-state index is 12.5. The Bertz CT molecular complexity index is 975. The quantitative estimate of drug-likeness (QED) is 0.427. The van der Waals surface area contributed by atoms with E-state index in [2.05, 4.69) is 41.3 Å². The molecule has 1 heterocycles. The third kappa shape index (κ3) is 4.73. The van der Waals surface area contributed by atoms with E-state index >= 15 is 0 Å². The zero-order chi connectivity index (χ0) is 19.6. The van der Waals surface area contributed by atoms with Gasteiger partial charge in [0.05, 0.1) is 0 Å². The monoisotopic (exact) mass is 429 g/mol. The van der Waals surface area contributed by atoms with Crippen LogP contribution in [0.5, 0.6) is 0 Å². The average molecular weight is 430 g/mol. The van der Waals surface area contributed by atoms with Crippen LogP contribution in [0.2, 0.25) is 5.02 Å². The molecule has 2 nitrogen and oxygen atoms in total. The second-order valence-corrected chi connectivity index (χ2v) is 10.3. The minimum Gasteiger partial charge on any atom is -0.296 e. The first-order valence-corrected chi connectivity index (χ1v) is 11.8. The predicted octanol–water partition coefficient (Wildman–Crippen LogP) is 7.43. The number of hydrogen-bond donors (Lipinski definition) is 1. The molecule has 2 aromatic carbocycles. The number of thiophene rings is 1. The molecule has 0 atom stereocenters. The van der Waals surface area contributed by atoms with Gasteiger partial charge in [-0.25, -0.2) is 0 Å². The van der Waals surface area contributed by atoms with Gasteiger partial charge in [0.1, 0.15) is 0 Å². The number of hydrogen-bond acceptors (Lipinski definition) is 3. The molecule has 1 amide bonds. The molecule has 0 bridgehead atoms. The van der Waals surface area contributed by atoms with Crippen molar-refractivity contribution in [2.24, 2.45) is 5.41 Å². The summed E-state index contributed by atoms with van der Waals surface area (Å²) in [5.41, 5.74) is 1.54. The number of carbonyl (C=O) groups excluding carboxylic acids is 1. The number of halogens is 1. The van der Waals surface area contributed by atoms with E-state index in [0.29, 0.717) is 17.4 Å². The van der Waals surface area contributed by atoms with Gasteiger partial charge in [-0.1, -0.05) is 36.7 Å². The lowest BCUT2D eigenvalue weighted by Crippen LogP contribution is -2.30. The van der Waals surface area contributed by atoms with Gasteiger partial charge in [0.25, 0.3) is 0 Å². The number of amides is 1. The molecule has 3 aromatic rings. The number of rotatable bonds is 5. The molecule has 1 aliphatic carbocycles. The highest BCUT2D eigenvalue weighted by Crippen LogP contribution is 2.45. The fourth-order valence-electron chi connectivity index (χ4n) is 4.13. The van der Waals surface area contributed by atoms with Crippen molar-refractivity contribution in [2.45, 2.75) is 49.8 Å². The fraction of sp³-hybridized carbons (Fsp3) is 0.348. The lowest BCUT2D eigenvalue weighted by Gasteiger charge is -2.37. The van der Waals surface area contributed by atoms with E-state index in [9.17, 15) is 4.79 Å². The molecule has 1 fully saturated rings. The summed E-state index contributed by atoms with van der Waals surface area (Å²) in [4.78, 5) is 13.4.